The summed E-state index contributed by atoms with van der Waals surface area (Å²) in [6, 6.07) is 32.2. The van der Waals surface area contributed by atoms with Crippen LogP contribution < -0.4 is 0 Å². The van der Waals surface area contributed by atoms with Gasteiger partial charge in [-0.1, -0.05) is 91.0 Å². The van der Waals surface area contributed by atoms with Crippen molar-refractivity contribution in [1.29, 1.82) is 0 Å². The number of rotatable bonds is 4. The number of benzene rings is 3. The summed E-state index contributed by atoms with van der Waals surface area (Å²) in [5, 5.41) is 11.0. The molecular weight excluding hydrogens is 370 g/mol. The van der Waals surface area contributed by atoms with E-state index in [1.54, 1.807) is 0 Å². The van der Waals surface area contributed by atoms with E-state index in [0.717, 1.165) is 19.6 Å². The molecule has 0 aliphatic carbocycles. The molecule has 4 bridgehead atoms. The summed E-state index contributed by atoms with van der Waals surface area (Å²) in [7, 11) is 0. The highest BCUT2D eigenvalue weighted by molar-refractivity contribution is 5.34. The summed E-state index contributed by atoms with van der Waals surface area (Å²) in [6.45, 7) is 3.17. The second kappa shape index (κ2) is 7.03. The Bertz CT molecular complexity index is 953. The third-order valence-corrected chi connectivity index (χ3v) is 7.20. The van der Waals surface area contributed by atoms with Gasteiger partial charge in [0.05, 0.1) is 18.9 Å². The van der Waals surface area contributed by atoms with Gasteiger partial charge in [0.2, 0.25) is 0 Å². The first-order valence-corrected chi connectivity index (χ1v) is 10.9. The lowest BCUT2D eigenvalue weighted by atomic mass is 9.80. The lowest BCUT2D eigenvalue weighted by molar-refractivity contribution is -0.314. The summed E-state index contributed by atoms with van der Waals surface area (Å²) in [6.07, 6.45) is 0.271. The maximum absolute atomic E-state index is 11.0. The number of hydrogen-bond donors (Lipinski definition) is 1. The lowest BCUT2D eigenvalue weighted by Crippen LogP contribution is -2.79. The third kappa shape index (κ3) is 2.48. The molecule has 3 aromatic carbocycles. The largest absolute Gasteiger partial charge is 0.393 e. The van der Waals surface area contributed by atoms with Crippen LogP contribution in [0, 0.1) is 5.92 Å². The monoisotopic (exact) mass is 397 g/mol. The Labute approximate surface area is 178 Å². The zero-order valence-electron chi connectivity index (χ0n) is 17.0. The van der Waals surface area contributed by atoms with Gasteiger partial charge in [-0.25, -0.2) is 0 Å². The van der Waals surface area contributed by atoms with E-state index in [-0.39, 0.29) is 18.9 Å². The molecule has 0 amide bonds. The van der Waals surface area contributed by atoms with Crippen LogP contribution in [-0.2, 0) is 5.66 Å². The van der Waals surface area contributed by atoms with Crippen LogP contribution in [0.15, 0.2) is 91.0 Å². The number of aliphatic hydroxyl groups is 1. The quantitative estimate of drug-likeness (QED) is 0.726. The molecule has 4 aliphatic heterocycles. The van der Waals surface area contributed by atoms with Crippen LogP contribution in [0.2, 0.25) is 0 Å². The molecule has 4 fully saturated rings. The van der Waals surface area contributed by atoms with Gasteiger partial charge in [-0.3, -0.25) is 14.7 Å². The van der Waals surface area contributed by atoms with Crippen molar-refractivity contribution in [3.63, 3.8) is 0 Å². The molecule has 4 nitrogen and oxygen atoms in total. The first-order valence-electron chi connectivity index (χ1n) is 10.9. The molecule has 0 aromatic heterocycles. The highest BCUT2D eigenvalue weighted by atomic mass is 16.3. The third-order valence-electron chi connectivity index (χ3n) is 7.20. The van der Waals surface area contributed by atoms with Crippen LogP contribution in [-0.4, -0.2) is 46.0 Å². The van der Waals surface area contributed by atoms with Gasteiger partial charge in [-0.15, -0.1) is 0 Å². The predicted molar refractivity (Wildman–Crippen MR) is 117 cm³/mol. The van der Waals surface area contributed by atoms with E-state index in [2.05, 4.69) is 106 Å². The van der Waals surface area contributed by atoms with E-state index < -0.39 is 5.66 Å². The molecule has 4 unspecified atom stereocenters. The molecule has 4 atom stereocenters. The molecule has 4 heteroatoms. The Balaban J connectivity index is 1.59. The Morgan fingerprint density at radius 3 is 1.60 bits per heavy atom. The van der Waals surface area contributed by atoms with E-state index >= 15 is 0 Å². The smallest absolute Gasteiger partial charge is 0.127 e. The Hall–Kier alpha value is -2.50. The van der Waals surface area contributed by atoms with Gasteiger partial charge < -0.3 is 5.11 Å². The molecule has 152 valence electrons. The molecule has 1 N–H and O–H groups in total. The van der Waals surface area contributed by atoms with E-state index in [9.17, 15) is 5.11 Å². The van der Waals surface area contributed by atoms with Crippen molar-refractivity contribution in [1.82, 2.24) is 14.7 Å². The molecule has 4 aliphatic rings. The van der Waals surface area contributed by atoms with Crippen LogP contribution in [0.3, 0.4) is 0 Å². The van der Waals surface area contributed by atoms with Crippen molar-refractivity contribution in [3.8, 4) is 0 Å². The summed E-state index contributed by atoms with van der Waals surface area (Å²) in [5.41, 5.74) is 3.24. The number of aliphatic hydroxyl groups excluding tert-OH is 1. The second-order valence-corrected chi connectivity index (χ2v) is 8.78. The maximum Gasteiger partial charge on any atom is 0.127 e. The van der Waals surface area contributed by atoms with Crippen LogP contribution >= 0.6 is 0 Å². The van der Waals surface area contributed by atoms with Gasteiger partial charge in [-0.2, -0.15) is 0 Å². The van der Waals surface area contributed by atoms with Crippen molar-refractivity contribution in [2.24, 2.45) is 5.92 Å². The average molecular weight is 398 g/mol. The molecule has 30 heavy (non-hydrogen) atoms. The summed E-state index contributed by atoms with van der Waals surface area (Å²) in [5.74, 6) is 0.591. The molecule has 4 heterocycles. The van der Waals surface area contributed by atoms with Crippen molar-refractivity contribution in [3.05, 3.63) is 108 Å². The van der Waals surface area contributed by atoms with Crippen molar-refractivity contribution in [2.45, 2.75) is 18.0 Å². The minimum absolute atomic E-state index is 0.0737. The molecule has 4 saturated heterocycles. The summed E-state index contributed by atoms with van der Waals surface area (Å²) >= 11 is 0. The van der Waals surface area contributed by atoms with E-state index in [1.165, 1.54) is 16.7 Å². The zero-order chi connectivity index (χ0) is 20.1. The number of nitrogens with zero attached hydrogens (tertiary/aromatic N) is 3. The standard InChI is InChI=1S/C26H27N3O/c30-19-26(23-14-8-3-9-15-23)28-17-20-16-27(24(28)21-10-4-1-5-11-21)25(29(26)18-20)22-12-6-2-7-13-22/h1-15,20,24-25,30H,16-19H2. The van der Waals surface area contributed by atoms with Crippen LogP contribution in [0.1, 0.15) is 29.0 Å². The average Bonchev–Trinajstić information content (AvgIpc) is 2.81. The molecule has 0 spiro atoms. The molecule has 3 aromatic rings. The van der Waals surface area contributed by atoms with Crippen LogP contribution in [0.5, 0.6) is 0 Å². The predicted octanol–water partition coefficient (Wildman–Crippen LogP) is 3.79. The second-order valence-electron chi connectivity index (χ2n) is 8.78. The van der Waals surface area contributed by atoms with Crippen molar-refractivity contribution in [2.75, 3.05) is 26.2 Å². The van der Waals surface area contributed by atoms with Gasteiger partial charge in [0.25, 0.3) is 0 Å². The van der Waals surface area contributed by atoms with Crippen molar-refractivity contribution >= 4 is 0 Å². The minimum Gasteiger partial charge on any atom is -0.393 e. The van der Waals surface area contributed by atoms with Gasteiger partial charge >= 0.3 is 0 Å². The Kier molecular flexibility index (Phi) is 4.29. The molecule has 0 saturated carbocycles. The molecule has 0 radical (unpaired) electrons. The van der Waals surface area contributed by atoms with Gasteiger partial charge in [0, 0.05) is 19.6 Å². The fourth-order valence-corrected chi connectivity index (χ4v) is 6.09. The minimum atomic E-state index is -0.532. The summed E-state index contributed by atoms with van der Waals surface area (Å²) in [4.78, 5) is 7.74. The van der Waals surface area contributed by atoms with Gasteiger partial charge in [0.15, 0.2) is 0 Å². The first-order chi connectivity index (χ1) is 14.8. The van der Waals surface area contributed by atoms with Crippen molar-refractivity contribution < 1.29 is 5.11 Å². The highest BCUT2D eigenvalue weighted by Crippen LogP contribution is 2.57. The molecular formula is C26H27N3O. The fraction of sp³-hybridized carbons (Fsp3) is 0.308. The SMILES string of the molecule is OCC1(c2ccccc2)N2CC3CN(C2c2ccccc2)C(c2ccccc2)N1C3. The maximum atomic E-state index is 11.0. The van der Waals surface area contributed by atoms with Gasteiger partial charge in [-0.05, 0) is 22.6 Å². The summed E-state index contributed by atoms with van der Waals surface area (Å²) < 4.78 is 0. The Morgan fingerprint density at radius 1 is 0.667 bits per heavy atom. The highest BCUT2D eigenvalue weighted by Gasteiger charge is 2.62. The number of hydrogen-bond acceptors (Lipinski definition) is 4. The van der Waals surface area contributed by atoms with Crippen LogP contribution in [0.25, 0.3) is 0 Å². The van der Waals surface area contributed by atoms with E-state index in [4.69, 9.17) is 0 Å². The zero-order valence-corrected chi connectivity index (χ0v) is 17.0. The Morgan fingerprint density at radius 2 is 1.13 bits per heavy atom. The van der Waals surface area contributed by atoms with Crippen LogP contribution in [0.4, 0.5) is 0 Å². The fourth-order valence-electron chi connectivity index (χ4n) is 6.09. The lowest BCUT2D eigenvalue weighted by Gasteiger charge is -2.71. The van der Waals surface area contributed by atoms with E-state index in [1.807, 2.05) is 0 Å². The molecule has 7 rings (SSSR count). The van der Waals surface area contributed by atoms with Gasteiger partial charge in [0.1, 0.15) is 5.66 Å². The topological polar surface area (TPSA) is 30.0 Å². The van der Waals surface area contributed by atoms with E-state index in [0.29, 0.717) is 5.92 Å². The first kappa shape index (κ1) is 18.3. The normalized spacial score (nSPS) is 36.7.